The maximum Gasteiger partial charge on any atom is 0.123 e. The average Bonchev–Trinajstić information content (AvgIpc) is 2.44. The minimum absolute atomic E-state index is 0.116. The number of hydrogen-bond donors (Lipinski definition) is 1. The van der Waals surface area contributed by atoms with E-state index in [9.17, 15) is 4.39 Å². The summed E-state index contributed by atoms with van der Waals surface area (Å²) in [5.74, 6) is -0.175. The number of rotatable bonds is 5. The van der Waals surface area contributed by atoms with Crippen LogP contribution in [0.25, 0.3) is 0 Å². The van der Waals surface area contributed by atoms with Gasteiger partial charge >= 0.3 is 0 Å². The molecule has 0 bridgehead atoms. The van der Waals surface area contributed by atoms with Crippen molar-refractivity contribution in [2.75, 3.05) is 6.54 Å². The van der Waals surface area contributed by atoms with Crippen molar-refractivity contribution in [2.24, 2.45) is 0 Å². The smallest absolute Gasteiger partial charge is 0.123 e. The van der Waals surface area contributed by atoms with Gasteiger partial charge < -0.3 is 5.32 Å². The fraction of sp³-hybridized carbons (Fsp3) is 0.368. The molecular weight excluding hydrogens is 261 g/mol. The Morgan fingerprint density at radius 1 is 0.952 bits per heavy atom. The van der Waals surface area contributed by atoms with E-state index in [-0.39, 0.29) is 11.9 Å². The largest absolute Gasteiger partial charge is 0.306 e. The molecule has 2 heteroatoms. The van der Waals surface area contributed by atoms with Crippen LogP contribution in [0.3, 0.4) is 0 Å². The highest BCUT2D eigenvalue weighted by Gasteiger charge is 2.16. The summed E-state index contributed by atoms with van der Waals surface area (Å²) < 4.78 is 13.4. The van der Waals surface area contributed by atoms with E-state index in [1.54, 1.807) is 12.1 Å². The van der Waals surface area contributed by atoms with Gasteiger partial charge in [-0.2, -0.15) is 0 Å². The third-order valence-electron chi connectivity index (χ3n) is 4.01. The first-order valence-corrected chi connectivity index (χ1v) is 7.59. The number of hydrogen-bond acceptors (Lipinski definition) is 1. The van der Waals surface area contributed by atoms with Gasteiger partial charge in [0.25, 0.3) is 0 Å². The molecule has 1 N–H and O–H groups in total. The van der Waals surface area contributed by atoms with E-state index >= 15 is 0 Å². The van der Waals surface area contributed by atoms with Gasteiger partial charge in [-0.3, -0.25) is 0 Å². The fourth-order valence-electron chi connectivity index (χ4n) is 2.60. The molecule has 0 aliphatic rings. The number of nitrogens with one attached hydrogen (secondary N) is 1. The van der Waals surface area contributed by atoms with E-state index < -0.39 is 0 Å². The Morgan fingerprint density at radius 3 is 2.33 bits per heavy atom. The molecule has 1 nitrogen and oxygen atoms in total. The second-order valence-corrected chi connectivity index (χ2v) is 5.73. The summed E-state index contributed by atoms with van der Waals surface area (Å²) in [6, 6.07) is 11.7. The van der Waals surface area contributed by atoms with Crippen LogP contribution in [0.2, 0.25) is 0 Å². The highest BCUT2D eigenvalue weighted by molar-refractivity contribution is 5.40. The predicted molar refractivity (Wildman–Crippen MR) is 87.2 cm³/mol. The van der Waals surface area contributed by atoms with Crippen molar-refractivity contribution < 1.29 is 4.39 Å². The lowest BCUT2D eigenvalue weighted by molar-refractivity contribution is 0.589. The standard InChI is InChI=1S/C19H24FN/c1-5-10-21-19(16-7-6-13(2)14(3)11-16)18-9-8-17(20)12-15(18)4/h6-9,11-12,19,21H,5,10H2,1-4H3. The Kier molecular flexibility index (Phi) is 5.13. The maximum atomic E-state index is 13.4. The van der Waals surface area contributed by atoms with Crippen LogP contribution in [0.4, 0.5) is 4.39 Å². The normalized spacial score (nSPS) is 12.4. The second kappa shape index (κ2) is 6.86. The molecule has 1 atom stereocenters. The summed E-state index contributed by atoms with van der Waals surface area (Å²) >= 11 is 0. The number of halogens is 1. The topological polar surface area (TPSA) is 12.0 Å². The summed E-state index contributed by atoms with van der Waals surface area (Å²) in [6.45, 7) is 9.32. The van der Waals surface area contributed by atoms with E-state index in [1.165, 1.54) is 16.7 Å². The van der Waals surface area contributed by atoms with Crippen LogP contribution in [-0.4, -0.2) is 6.54 Å². The molecule has 2 rings (SSSR count). The van der Waals surface area contributed by atoms with Crippen LogP contribution >= 0.6 is 0 Å². The summed E-state index contributed by atoms with van der Waals surface area (Å²) in [4.78, 5) is 0. The Labute approximate surface area is 127 Å². The zero-order valence-corrected chi connectivity index (χ0v) is 13.3. The van der Waals surface area contributed by atoms with Gasteiger partial charge in [0.15, 0.2) is 0 Å². The van der Waals surface area contributed by atoms with Crippen LogP contribution in [0.5, 0.6) is 0 Å². The van der Waals surface area contributed by atoms with Crippen molar-refractivity contribution in [3.05, 3.63) is 70.0 Å². The first kappa shape index (κ1) is 15.7. The van der Waals surface area contributed by atoms with Gasteiger partial charge in [0.2, 0.25) is 0 Å². The molecule has 2 aromatic rings. The molecule has 21 heavy (non-hydrogen) atoms. The lowest BCUT2D eigenvalue weighted by Gasteiger charge is -2.22. The van der Waals surface area contributed by atoms with Crippen molar-refractivity contribution in [1.29, 1.82) is 0 Å². The van der Waals surface area contributed by atoms with Gasteiger partial charge in [-0.25, -0.2) is 4.39 Å². The Morgan fingerprint density at radius 2 is 1.71 bits per heavy atom. The minimum atomic E-state index is -0.175. The molecule has 0 fully saturated rings. The maximum absolute atomic E-state index is 13.4. The summed E-state index contributed by atoms with van der Waals surface area (Å²) in [7, 11) is 0. The van der Waals surface area contributed by atoms with E-state index in [4.69, 9.17) is 0 Å². The molecule has 112 valence electrons. The molecule has 1 unspecified atom stereocenters. The molecule has 2 aromatic carbocycles. The van der Waals surface area contributed by atoms with Gasteiger partial charge in [-0.15, -0.1) is 0 Å². The first-order chi connectivity index (χ1) is 10.0. The zero-order chi connectivity index (χ0) is 15.4. The highest BCUT2D eigenvalue weighted by Crippen LogP contribution is 2.27. The SMILES string of the molecule is CCCNC(c1ccc(C)c(C)c1)c1ccc(F)cc1C. The monoisotopic (exact) mass is 285 g/mol. The molecule has 0 spiro atoms. The molecule has 0 amide bonds. The van der Waals surface area contributed by atoms with E-state index in [0.29, 0.717) is 0 Å². The van der Waals surface area contributed by atoms with Gasteiger partial charge in [0.1, 0.15) is 5.82 Å². The van der Waals surface area contributed by atoms with E-state index in [1.807, 2.05) is 13.0 Å². The summed E-state index contributed by atoms with van der Waals surface area (Å²) in [5, 5.41) is 3.59. The molecule has 0 saturated heterocycles. The second-order valence-electron chi connectivity index (χ2n) is 5.73. The Hall–Kier alpha value is -1.67. The quantitative estimate of drug-likeness (QED) is 0.829. The lowest BCUT2D eigenvalue weighted by Crippen LogP contribution is -2.24. The van der Waals surface area contributed by atoms with Crippen LogP contribution in [0.1, 0.15) is 47.2 Å². The van der Waals surface area contributed by atoms with E-state index in [0.717, 1.165) is 24.1 Å². The number of benzene rings is 2. The summed E-state index contributed by atoms with van der Waals surface area (Å²) in [5.41, 5.74) is 5.95. The third-order valence-corrected chi connectivity index (χ3v) is 4.01. The third kappa shape index (κ3) is 3.70. The van der Waals surface area contributed by atoms with Crippen molar-refractivity contribution >= 4 is 0 Å². The highest BCUT2D eigenvalue weighted by atomic mass is 19.1. The molecule has 0 aromatic heterocycles. The molecule has 0 saturated carbocycles. The minimum Gasteiger partial charge on any atom is -0.306 e. The Bertz CT molecular complexity index is 619. The molecule has 0 aliphatic heterocycles. The van der Waals surface area contributed by atoms with Crippen molar-refractivity contribution in [2.45, 2.75) is 40.2 Å². The Balaban J connectivity index is 2.44. The van der Waals surface area contributed by atoms with Gasteiger partial charge in [-0.05, 0) is 73.7 Å². The van der Waals surface area contributed by atoms with Crippen LogP contribution in [-0.2, 0) is 0 Å². The number of aryl methyl sites for hydroxylation is 3. The van der Waals surface area contributed by atoms with Crippen molar-refractivity contribution in [3.63, 3.8) is 0 Å². The van der Waals surface area contributed by atoms with Crippen LogP contribution in [0.15, 0.2) is 36.4 Å². The van der Waals surface area contributed by atoms with Crippen molar-refractivity contribution in [1.82, 2.24) is 5.32 Å². The predicted octanol–water partition coefficient (Wildman–Crippen LogP) is 4.84. The van der Waals surface area contributed by atoms with Crippen LogP contribution < -0.4 is 5.32 Å². The average molecular weight is 285 g/mol. The zero-order valence-electron chi connectivity index (χ0n) is 13.3. The lowest BCUT2D eigenvalue weighted by atomic mass is 9.93. The molecule has 0 aliphatic carbocycles. The van der Waals surface area contributed by atoms with Gasteiger partial charge in [0.05, 0.1) is 6.04 Å². The first-order valence-electron chi connectivity index (χ1n) is 7.59. The van der Waals surface area contributed by atoms with Gasteiger partial charge in [0, 0.05) is 0 Å². The molecular formula is C19H24FN. The van der Waals surface area contributed by atoms with Crippen molar-refractivity contribution in [3.8, 4) is 0 Å². The molecule has 0 heterocycles. The van der Waals surface area contributed by atoms with Crippen LogP contribution in [0, 0.1) is 26.6 Å². The van der Waals surface area contributed by atoms with E-state index in [2.05, 4.69) is 44.3 Å². The summed E-state index contributed by atoms with van der Waals surface area (Å²) in [6.07, 6.45) is 1.07. The molecule has 0 radical (unpaired) electrons. The van der Waals surface area contributed by atoms with Gasteiger partial charge in [-0.1, -0.05) is 31.2 Å². The fourth-order valence-corrected chi connectivity index (χ4v) is 2.60.